The molecular weight excluding hydrogens is 240 g/mol. The number of aromatic nitrogens is 1. The van der Waals surface area contributed by atoms with E-state index in [1.54, 1.807) is 7.11 Å². The number of rotatable bonds is 3. The number of nitrogens with two attached hydrogens (primary N) is 1. The summed E-state index contributed by atoms with van der Waals surface area (Å²) >= 11 is 0. The number of fused-ring (bicyclic) bond motifs is 1. The fourth-order valence-electron chi connectivity index (χ4n) is 1.99. The maximum atomic E-state index is 5.75. The van der Waals surface area contributed by atoms with Gasteiger partial charge in [-0.15, -0.1) is 0 Å². The lowest BCUT2D eigenvalue weighted by Gasteiger charge is -1.98. The summed E-state index contributed by atoms with van der Waals surface area (Å²) in [4.78, 5) is 4.49. The summed E-state index contributed by atoms with van der Waals surface area (Å²) < 4.78 is 11.0. The molecule has 3 rings (SSSR count). The van der Waals surface area contributed by atoms with Crippen molar-refractivity contribution in [1.29, 1.82) is 0 Å². The van der Waals surface area contributed by atoms with Gasteiger partial charge in [0, 0.05) is 12.1 Å². The maximum Gasteiger partial charge on any atom is 0.227 e. The lowest BCUT2D eigenvalue weighted by atomic mass is 10.1. The molecule has 0 atom stereocenters. The van der Waals surface area contributed by atoms with E-state index in [0.717, 1.165) is 22.2 Å². The third kappa shape index (κ3) is 2.06. The summed E-state index contributed by atoms with van der Waals surface area (Å²) in [7, 11) is 1.62. The minimum Gasteiger partial charge on any atom is -0.494 e. The molecule has 1 heterocycles. The highest BCUT2D eigenvalue weighted by molar-refractivity contribution is 5.82. The molecule has 0 saturated carbocycles. The predicted octanol–water partition coefficient (Wildman–Crippen LogP) is 2.96. The summed E-state index contributed by atoms with van der Waals surface area (Å²) in [6.07, 6.45) is 0. The first-order chi connectivity index (χ1) is 9.31. The van der Waals surface area contributed by atoms with E-state index in [0.29, 0.717) is 18.2 Å². The molecule has 4 heteroatoms. The standard InChI is InChI=1S/C15H14N2O2/c1-18-12-3-2-4-13-14(12)17-15(19-13)11-7-5-10(9-16)6-8-11/h2-8H,9,16H2,1H3. The van der Waals surface area contributed by atoms with Crippen molar-refractivity contribution < 1.29 is 9.15 Å². The van der Waals surface area contributed by atoms with Crippen molar-refractivity contribution in [3.05, 3.63) is 48.0 Å². The molecule has 96 valence electrons. The zero-order valence-electron chi connectivity index (χ0n) is 10.6. The highest BCUT2D eigenvalue weighted by atomic mass is 16.5. The topological polar surface area (TPSA) is 61.3 Å². The fraction of sp³-hybridized carbons (Fsp3) is 0.133. The van der Waals surface area contributed by atoms with Gasteiger partial charge in [0.25, 0.3) is 0 Å². The Hall–Kier alpha value is -2.33. The summed E-state index contributed by atoms with van der Waals surface area (Å²) in [5, 5.41) is 0. The van der Waals surface area contributed by atoms with Crippen molar-refractivity contribution in [2.75, 3.05) is 7.11 Å². The number of ether oxygens (including phenoxy) is 1. The van der Waals surface area contributed by atoms with E-state index in [-0.39, 0.29) is 0 Å². The molecule has 19 heavy (non-hydrogen) atoms. The average molecular weight is 254 g/mol. The zero-order chi connectivity index (χ0) is 13.2. The van der Waals surface area contributed by atoms with E-state index in [9.17, 15) is 0 Å². The molecule has 0 aliphatic rings. The maximum absolute atomic E-state index is 5.75. The van der Waals surface area contributed by atoms with Crippen LogP contribution in [0.5, 0.6) is 5.75 Å². The van der Waals surface area contributed by atoms with E-state index >= 15 is 0 Å². The molecule has 1 aromatic heterocycles. The smallest absolute Gasteiger partial charge is 0.227 e. The van der Waals surface area contributed by atoms with Crippen LogP contribution in [0.25, 0.3) is 22.6 Å². The summed E-state index contributed by atoms with van der Waals surface area (Å²) in [6, 6.07) is 13.5. The summed E-state index contributed by atoms with van der Waals surface area (Å²) in [6.45, 7) is 0.529. The zero-order valence-corrected chi connectivity index (χ0v) is 10.6. The number of hydrogen-bond donors (Lipinski definition) is 1. The molecule has 2 aromatic carbocycles. The first-order valence-electron chi connectivity index (χ1n) is 6.05. The van der Waals surface area contributed by atoms with Gasteiger partial charge >= 0.3 is 0 Å². The molecule has 0 spiro atoms. The molecule has 3 aromatic rings. The second kappa shape index (κ2) is 4.74. The second-order valence-electron chi connectivity index (χ2n) is 4.23. The van der Waals surface area contributed by atoms with Crippen LogP contribution in [0.15, 0.2) is 46.9 Å². The lowest BCUT2D eigenvalue weighted by molar-refractivity contribution is 0.419. The van der Waals surface area contributed by atoms with Gasteiger partial charge in [-0.1, -0.05) is 18.2 Å². The third-order valence-corrected chi connectivity index (χ3v) is 3.04. The van der Waals surface area contributed by atoms with Gasteiger partial charge < -0.3 is 14.9 Å². The number of benzene rings is 2. The van der Waals surface area contributed by atoms with Gasteiger partial charge in [0.1, 0.15) is 5.75 Å². The van der Waals surface area contributed by atoms with Crippen LogP contribution in [0.4, 0.5) is 0 Å². The monoisotopic (exact) mass is 254 g/mol. The van der Waals surface area contributed by atoms with Crippen molar-refractivity contribution in [2.24, 2.45) is 5.73 Å². The molecule has 0 fully saturated rings. The molecule has 0 aliphatic carbocycles. The number of para-hydroxylation sites is 1. The molecule has 0 amide bonds. The first kappa shape index (κ1) is 11.7. The SMILES string of the molecule is COc1cccc2oc(-c3ccc(CN)cc3)nc12. The molecule has 0 bridgehead atoms. The van der Waals surface area contributed by atoms with Crippen LogP contribution in [0, 0.1) is 0 Å². The van der Waals surface area contributed by atoms with E-state index in [2.05, 4.69) is 4.98 Å². The molecule has 2 N–H and O–H groups in total. The Labute approximate surface area is 110 Å². The van der Waals surface area contributed by atoms with Crippen LogP contribution in [-0.2, 0) is 6.54 Å². The van der Waals surface area contributed by atoms with Crippen molar-refractivity contribution >= 4 is 11.1 Å². The van der Waals surface area contributed by atoms with E-state index in [4.69, 9.17) is 14.9 Å². The third-order valence-electron chi connectivity index (χ3n) is 3.04. The van der Waals surface area contributed by atoms with Crippen LogP contribution in [0.2, 0.25) is 0 Å². The normalized spacial score (nSPS) is 10.8. The highest BCUT2D eigenvalue weighted by Gasteiger charge is 2.11. The molecule has 4 nitrogen and oxygen atoms in total. The van der Waals surface area contributed by atoms with Gasteiger partial charge in [0.2, 0.25) is 5.89 Å². The summed E-state index contributed by atoms with van der Waals surface area (Å²) in [5.41, 5.74) is 9.05. The van der Waals surface area contributed by atoms with Crippen LogP contribution >= 0.6 is 0 Å². The molecule has 0 aliphatic heterocycles. The number of nitrogens with zero attached hydrogens (tertiary/aromatic N) is 1. The van der Waals surface area contributed by atoms with Gasteiger partial charge in [-0.05, 0) is 29.8 Å². The van der Waals surface area contributed by atoms with Crippen molar-refractivity contribution in [1.82, 2.24) is 4.98 Å². The average Bonchev–Trinajstić information content (AvgIpc) is 2.91. The number of methoxy groups -OCH3 is 1. The van der Waals surface area contributed by atoms with Crippen LogP contribution in [-0.4, -0.2) is 12.1 Å². The molecule has 0 saturated heterocycles. The Balaban J connectivity index is 2.09. The summed E-state index contributed by atoms with van der Waals surface area (Å²) in [5.74, 6) is 1.30. The fourth-order valence-corrected chi connectivity index (χ4v) is 1.99. The van der Waals surface area contributed by atoms with Gasteiger partial charge in [0.05, 0.1) is 7.11 Å². The van der Waals surface area contributed by atoms with Crippen LogP contribution in [0.3, 0.4) is 0 Å². The van der Waals surface area contributed by atoms with Gasteiger partial charge in [-0.25, -0.2) is 4.98 Å². The van der Waals surface area contributed by atoms with Crippen molar-refractivity contribution in [3.8, 4) is 17.2 Å². The second-order valence-corrected chi connectivity index (χ2v) is 4.23. The Morgan fingerprint density at radius 3 is 2.63 bits per heavy atom. The Morgan fingerprint density at radius 2 is 1.95 bits per heavy atom. The predicted molar refractivity (Wildman–Crippen MR) is 73.9 cm³/mol. The Morgan fingerprint density at radius 1 is 1.16 bits per heavy atom. The lowest BCUT2D eigenvalue weighted by Crippen LogP contribution is -1.95. The minimum absolute atomic E-state index is 0.529. The van der Waals surface area contributed by atoms with E-state index in [1.807, 2.05) is 42.5 Å². The van der Waals surface area contributed by atoms with Gasteiger partial charge in [0.15, 0.2) is 11.1 Å². The largest absolute Gasteiger partial charge is 0.494 e. The van der Waals surface area contributed by atoms with E-state index in [1.165, 1.54) is 0 Å². The number of hydrogen-bond acceptors (Lipinski definition) is 4. The van der Waals surface area contributed by atoms with Gasteiger partial charge in [-0.3, -0.25) is 0 Å². The molecular formula is C15H14N2O2. The highest BCUT2D eigenvalue weighted by Crippen LogP contribution is 2.29. The molecule has 0 radical (unpaired) electrons. The van der Waals surface area contributed by atoms with Crippen molar-refractivity contribution in [2.45, 2.75) is 6.54 Å². The quantitative estimate of drug-likeness (QED) is 0.780. The minimum atomic E-state index is 0.529. The van der Waals surface area contributed by atoms with E-state index < -0.39 is 0 Å². The first-order valence-corrected chi connectivity index (χ1v) is 6.05. The van der Waals surface area contributed by atoms with Crippen LogP contribution in [0.1, 0.15) is 5.56 Å². The Bertz CT molecular complexity index is 702. The van der Waals surface area contributed by atoms with Crippen molar-refractivity contribution in [3.63, 3.8) is 0 Å². The van der Waals surface area contributed by atoms with Gasteiger partial charge in [-0.2, -0.15) is 0 Å². The number of oxazole rings is 1. The Kier molecular flexibility index (Phi) is 2.93. The van der Waals surface area contributed by atoms with Crippen LogP contribution < -0.4 is 10.5 Å². The molecule has 0 unspecified atom stereocenters.